The van der Waals surface area contributed by atoms with Crippen LogP contribution < -0.4 is 29.0 Å². The lowest BCUT2D eigenvalue weighted by atomic mass is 9.86. The van der Waals surface area contributed by atoms with Crippen LogP contribution >= 0.6 is 0 Å². The first-order chi connectivity index (χ1) is 15.6. The van der Waals surface area contributed by atoms with Gasteiger partial charge in [-0.15, -0.1) is 0 Å². The number of carbonyl (C=O) groups is 1. The Balaban J connectivity index is 1.53. The van der Waals surface area contributed by atoms with E-state index in [1.165, 1.54) is 0 Å². The number of amides is 1. The summed E-state index contributed by atoms with van der Waals surface area (Å²) < 4.78 is 29.2. The van der Waals surface area contributed by atoms with E-state index < -0.39 is 0 Å². The highest BCUT2D eigenvalue weighted by molar-refractivity contribution is 5.94. The van der Waals surface area contributed by atoms with Crippen molar-refractivity contribution >= 4 is 11.7 Å². The average molecular weight is 437 g/mol. The fraction of sp³-hybridized carbons (Fsp3) is 0.304. The van der Waals surface area contributed by atoms with Gasteiger partial charge in [-0.3, -0.25) is 4.79 Å². The monoisotopic (exact) mass is 437 g/mol. The topological polar surface area (TPSA) is 93.1 Å². The molecule has 1 N–H and O–H groups in total. The summed E-state index contributed by atoms with van der Waals surface area (Å²) in [6.07, 6.45) is 2.07. The molecule has 3 heterocycles. The molecule has 0 fully saturated rings. The van der Waals surface area contributed by atoms with Crippen molar-refractivity contribution in [2.45, 2.75) is 18.9 Å². The standard InChI is InChI=1S/C23H23N3O6/c1-28-18-7-5-14(21(29-2)22(18)30-3)15-9-20(27)25-23-16(15)10-24-26(23)11-13-4-6-17-19(8-13)32-12-31-17/h4-8,10,15H,9,11-12H2,1-3H3,(H,25,27). The molecule has 2 aromatic carbocycles. The average Bonchev–Trinajstić information content (AvgIpc) is 3.44. The van der Waals surface area contributed by atoms with E-state index in [1.54, 1.807) is 32.2 Å². The van der Waals surface area contributed by atoms with Crippen LogP contribution in [0.4, 0.5) is 5.82 Å². The lowest BCUT2D eigenvalue weighted by molar-refractivity contribution is -0.116. The summed E-state index contributed by atoms with van der Waals surface area (Å²) in [6.45, 7) is 0.697. The second-order valence-electron chi connectivity index (χ2n) is 7.52. The van der Waals surface area contributed by atoms with Crippen molar-refractivity contribution in [3.05, 3.63) is 53.2 Å². The maximum absolute atomic E-state index is 12.7. The largest absolute Gasteiger partial charge is 0.493 e. The van der Waals surface area contributed by atoms with E-state index in [1.807, 2.05) is 30.3 Å². The zero-order valence-corrected chi connectivity index (χ0v) is 18.0. The molecular formula is C23H23N3O6. The molecule has 2 aliphatic rings. The SMILES string of the molecule is COc1ccc(C2CC(=O)Nc3c2cnn3Cc2ccc3c(c2)OCO3)c(OC)c1OC. The first kappa shape index (κ1) is 20.0. The molecule has 1 unspecified atom stereocenters. The number of hydrogen-bond donors (Lipinski definition) is 1. The van der Waals surface area contributed by atoms with Crippen molar-refractivity contribution in [2.24, 2.45) is 0 Å². The molecule has 1 aromatic heterocycles. The molecule has 2 aliphatic heterocycles. The van der Waals surface area contributed by atoms with Crippen molar-refractivity contribution in [2.75, 3.05) is 33.4 Å². The van der Waals surface area contributed by atoms with Gasteiger partial charge in [0.1, 0.15) is 5.82 Å². The van der Waals surface area contributed by atoms with Crippen LogP contribution in [-0.4, -0.2) is 43.8 Å². The van der Waals surface area contributed by atoms with Crippen LogP contribution in [0, 0.1) is 0 Å². The van der Waals surface area contributed by atoms with Gasteiger partial charge in [0.2, 0.25) is 18.4 Å². The lowest BCUT2D eigenvalue weighted by Gasteiger charge is -2.26. The third-order valence-corrected chi connectivity index (χ3v) is 5.77. The van der Waals surface area contributed by atoms with Gasteiger partial charge < -0.3 is 29.0 Å². The van der Waals surface area contributed by atoms with Gasteiger partial charge >= 0.3 is 0 Å². The Hall–Kier alpha value is -3.88. The Kier molecular flexibility index (Phi) is 5.01. The van der Waals surface area contributed by atoms with Crippen molar-refractivity contribution < 1.29 is 28.5 Å². The molecule has 0 spiro atoms. The first-order valence-electron chi connectivity index (χ1n) is 10.2. The molecule has 166 valence electrons. The molecule has 0 saturated heterocycles. The number of hydrogen-bond acceptors (Lipinski definition) is 7. The number of benzene rings is 2. The number of carbonyl (C=O) groups excluding carboxylic acids is 1. The summed E-state index contributed by atoms with van der Waals surface area (Å²) in [4.78, 5) is 12.7. The van der Waals surface area contributed by atoms with Gasteiger partial charge in [-0.25, -0.2) is 4.68 Å². The molecule has 9 heteroatoms. The number of anilines is 1. The zero-order chi connectivity index (χ0) is 22.2. The number of methoxy groups -OCH3 is 3. The maximum Gasteiger partial charge on any atom is 0.231 e. The molecule has 1 atom stereocenters. The quantitative estimate of drug-likeness (QED) is 0.633. The highest BCUT2D eigenvalue weighted by Gasteiger charge is 2.33. The molecule has 0 bridgehead atoms. The Bertz CT molecular complexity index is 1190. The Morgan fingerprint density at radius 2 is 1.84 bits per heavy atom. The summed E-state index contributed by atoms with van der Waals surface area (Å²) in [5, 5.41) is 7.54. The fourth-order valence-electron chi connectivity index (χ4n) is 4.28. The summed E-state index contributed by atoms with van der Waals surface area (Å²) in [7, 11) is 4.71. The number of rotatable bonds is 6. The van der Waals surface area contributed by atoms with Crippen LogP contribution in [0.1, 0.15) is 29.0 Å². The summed E-state index contributed by atoms with van der Waals surface area (Å²) >= 11 is 0. The van der Waals surface area contributed by atoms with Crippen LogP contribution in [-0.2, 0) is 11.3 Å². The Morgan fingerprint density at radius 1 is 1.03 bits per heavy atom. The summed E-state index contributed by atoms with van der Waals surface area (Å²) in [6, 6.07) is 9.49. The molecule has 9 nitrogen and oxygen atoms in total. The molecule has 1 amide bonds. The van der Waals surface area contributed by atoms with E-state index in [4.69, 9.17) is 23.7 Å². The number of nitrogens with zero attached hydrogens (tertiary/aromatic N) is 2. The third kappa shape index (κ3) is 3.26. The van der Waals surface area contributed by atoms with Crippen molar-refractivity contribution in [3.63, 3.8) is 0 Å². The van der Waals surface area contributed by atoms with Crippen LogP contribution in [0.5, 0.6) is 28.7 Å². The normalized spacial score (nSPS) is 16.3. The van der Waals surface area contributed by atoms with Crippen LogP contribution in [0.25, 0.3) is 0 Å². The van der Waals surface area contributed by atoms with E-state index in [9.17, 15) is 4.79 Å². The predicted molar refractivity (Wildman–Crippen MR) is 115 cm³/mol. The van der Waals surface area contributed by atoms with Gasteiger partial charge in [0, 0.05) is 23.5 Å². The van der Waals surface area contributed by atoms with Crippen molar-refractivity contribution in [1.29, 1.82) is 0 Å². The maximum atomic E-state index is 12.7. The van der Waals surface area contributed by atoms with E-state index in [0.29, 0.717) is 35.4 Å². The van der Waals surface area contributed by atoms with E-state index in [0.717, 1.165) is 22.4 Å². The van der Waals surface area contributed by atoms with E-state index in [2.05, 4.69) is 10.4 Å². The Morgan fingerprint density at radius 3 is 2.62 bits per heavy atom. The van der Waals surface area contributed by atoms with E-state index in [-0.39, 0.29) is 25.0 Å². The Labute approximate surface area is 184 Å². The van der Waals surface area contributed by atoms with E-state index >= 15 is 0 Å². The smallest absolute Gasteiger partial charge is 0.231 e. The van der Waals surface area contributed by atoms with Gasteiger partial charge in [-0.1, -0.05) is 12.1 Å². The zero-order valence-electron chi connectivity index (χ0n) is 18.0. The number of fused-ring (bicyclic) bond motifs is 2. The van der Waals surface area contributed by atoms with Gasteiger partial charge in [0.05, 0.1) is 34.1 Å². The van der Waals surface area contributed by atoms with Gasteiger partial charge in [-0.2, -0.15) is 5.10 Å². The van der Waals surface area contributed by atoms with Gasteiger partial charge in [0.15, 0.2) is 23.0 Å². The minimum atomic E-state index is -0.237. The molecule has 0 saturated carbocycles. The minimum Gasteiger partial charge on any atom is -0.493 e. The molecular weight excluding hydrogens is 414 g/mol. The van der Waals surface area contributed by atoms with Crippen molar-refractivity contribution in [3.8, 4) is 28.7 Å². The predicted octanol–water partition coefficient (Wildman–Crippen LogP) is 3.16. The van der Waals surface area contributed by atoms with Gasteiger partial charge in [0.25, 0.3) is 0 Å². The highest BCUT2D eigenvalue weighted by Crippen LogP contribution is 2.47. The molecule has 0 aliphatic carbocycles. The lowest BCUT2D eigenvalue weighted by Crippen LogP contribution is -2.25. The number of aromatic nitrogens is 2. The second kappa shape index (κ2) is 7.99. The number of ether oxygens (including phenoxy) is 5. The van der Waals surface area contributed by atoms with Crippen molar-refractivity contribution in [1.82, 2.24) is 9.78 Å². The molecule has 5 rings (SSSR count). The summed E-state index contributed by atoms with van der Waals surface area (Å²) in [5.74, 6) is 3.37. The first-order valence-corrected chi connectivity index (χ1v) is 10.2. The third-order valence-electron chi connectivity index (χ3n) is 5.77. The fourth-order valence-corrected chi connectivity index (χ4v) is 4.28. The molecule has 3 aromatic rings. The van der Waals surface area contributed by atoms with Crippen LogP contribution in [0.15, 0.2) is 36.5 Å². The van der Waals surface area contributed by atoms with Crippen LogP contribution in [0.3, 0.4) is 0 Å². The minimum absolute atomic E-state index is 0.0909. The summed E-state index contributed by atoms with van der Waals surface area (Å²) in [5.41, 5.74) is 2.74. The van der Waals surface area contributed by atoms with Gasteiger partial charge in [-0.05, 0) is 23.8 Å². The number of nitrogens with one attached hydrogen (secondary N) is 1. The molecule has 32 heavy (non-hydrogen) atoms. The second-order valence-corrected chi connectivity index (χ2v) is 7.52. The highest BCUT2D eigenvalue weighted by atomic mass is 16.7. The van der Waals surface area contributed by atoms with Crippen LogP contribution in [0.2, 0.25) is 0 Å². The molecule has 0 radical (unpaired) electrons.